The fourth-order valence-electron chi connectivity index (χ4n) is 2.16. The van der Waals surface area contributed by atoms with Gasteiger partial charge < -0.3 is 5.32 Å². The molecule has 0 aliphatic heterocycles. The van der Waals surface area contributed by atoms with Gasteiger partial charge in [0.1, 0.15) is 5.54 Å². The summed E-state index contributed by atoms with van der Waals surface area (Å²) in [5.74, 6) is 0. The highest BCUT2D eigenvalue weighted by Gasteiger charge is 2.28. The van der Waals surface area contributed by atoms with E-state index in [1.165, 1.54) is 5.56 Å². The molecule has 20 heavy (non-hydrogen) atoms. The first-order valence-electron chi connectivity index (χ1n) is 6.66. The van der Waals surface area contributed by atoms with E-state index in [0.29, 0.717) is 6.42 Å². The predicted octanol–water partition coefficient (Wildman–Crippen LogP) is 4.78. The van der Waals surface area contributed by atoms with Crippen molar-refractivity contribution in [3.8, 4) is 6.07 Å². The van der Waals surface area contributed by atoms with Crippen LogP contribution in [0.3, 0.4) is 0 Å². The van der Waals surface area contributed by atoms with Gasteiger partial charge in [-0.1, -0.05) is 53.2 Å². The summed E-state index contributed by atoms with van der Waals surface area (Å²) in [4.78, 5) is 0. The van der Waals surface area contributed by atoms with E-state index in [-0.39, 0.29) is 0 Å². The quantitative estimate of drug-likeness (QED) is 0.857. The van der Waals surface area contributed by atoms with E-state index in [2.05, 4.69) is 39.4 Å². The van der Waals surface area contributed by atoms with Gasteiger partial charge in [-0.3, -0.25) is 0 Å². The fraction of sp³-hybridized carbons (Fsp3) is 0.235. The number of anilines is 1. The van der Waals surface area contributed by atoms with Crippen molar-refractivity contribution in [2.75, 3.05) is 5.32 Å². The molecule has 2 aromatic rings. The fourth-order valence-corrected chi connectivity index (χ4v) is 2.42. The highest BCUT2D eigenvalue weighted by atomic mass is 79.9. The molecular weight excluding hydrogens is 312 g/mol. The maximum absolute atomic E-state index is 9.63. The van der Waals surface area contributed by atoms with Crippen LogP contribution in [-0.2, 0) is 6.42 Å². The third kappa shape index (κ3) is 3.61. The lowest BCUT2D eigenvalue weighted by Crippen LogP contribution is -2.38. The van der Waals surface area contributed by atoms with Crippen LogP contribution in [0, 0.1) is 11.3 Å². The molecule has 2 nitrogen and oxygen atoms in total. The lowest BCUT2D eigenvalue weighted by atomic mass is 9.89. The first-order valence-corrected chi connectivity index (χ1v) is 7.46. The summed E-state index contributed by atoms with van der Waals surface area (Å²) in [5.41, 5.74) is 1.56. The lowest BCUT2D eigenvalue weighted by molar-refractivity contribution is 0.564. The second-order valence-electron chi connectivity index (χ2n) is 4.84. The Balaban J connectivity index is 2.21. The van der Waals surface area contributed by atoms with Crippen molar-refractivity contribution in [3.63, 3.8) is 0 Å². The van der Waals surface area contributed by atoms with Crippen LogP contribution < -0.4 is 5.32 Å². The number of nitrogens with zero attached hydrogens (tertiary/aromatic N) is 1. The molecule has 0 aliphatic carbocycles. The summed E-state index contributed by atoms with van der Waals surface area (Å²) >= 11 is 3.42. The normalized spacial score (nSPS) is 13.2. The molecule has 1 atom stereocenters. The van der Waals surface area contributed by atoms with Crippen molar-refractivity contribution in [1.29, 1.82) is 5.26 Å². The smallest absolute Gasteiger partial charge is 0.129 e. The largest absolute Gasteiger partial charge is 0.367 e. The third-order valence-electron chi connectivity index (χ3n) is 3.39. The summed E-state index contributed by atoms with van der Waals surface area (Å²) in [6, 6.07) is 20.5. The van der Waals surface area contributed by atoms with Crippen LogP contribution in [0.15, 0.2) is 59.1 Å². The van der Waals surface area contributed by atoms with Crippen LogP contribution in [0.25, 0.3) is 0 Å². The summed E-state index contributed by atoms with van der Waals surface area (Å²) in [6.07, 6.45) is 1.44. The molecule has 1 N–H and O–H groups in total. The van der Waals surface area contributed by atoms with Crippen LogP contribution in [0.4, 0.5) is 5.69 Å². The second kappa shape index (κ2) is 6.58. The highest BCUT2D eigenvalue weighted by Crippen LogP contribution is 2.24. The second-order valence-corrected chi connectivity index (χ2v) is 5.76. The molecule has 0 spiro atoms. The zero-order valence-electron chi connectivity index (χ0n) is 11.4. The van der Waals surface area contributed by atoms with Crippen molar-refractivity contribution in [2.45, 2.75) is 25.3 Å². The maximum atomic E-state index is 9.63. The number of hydrogen-bond donors (Lipinski definition) is 1. The average Bonchev–Trinajstić information content (AvgIpc) is 2.50. The predicted molar refractivity (Wildman–Crippen MR) is 86.5 cm³/mol. The molecule has 2 aromatic carbocycles. The van der Waals surface area contributed by atoms with Gasteiger partial charge in [0.25, 0.3) is 0 Å². The Morgan fingerprint density at radius 1 is 1.10 bits per heavy atom. The average molecular weight is 329 g/mol. The monoisotopic (exact) mass is 328 g/mol. The van der Waals surface area contributed by atoms with E-state index in [0.717, 1.165) is 16.6 Å². The SMILES string of the molecule is CCC(C#N)(Cc1ccccc1)Nc1ccc(Br)cc1. The minimum Gasteiger partial charge on any atom is -0.367 e. The van der Waals surface area contributed by atoms with Crippen molar-refractivity contribution in [1.82, 2.24) is 0 Å². The zero-order chi connectivity index (χ0) is 14.4. The summed E-state index contributed by atoms with van der Waals surface area (Å²) < 4.78 is 1.03. The molecule has 0 saturated heterocycles. The van der Waals surface area contributed by atoms with E-state index in [4.69, 9.17) is 0 Å². The van der Waals surface area contributed by atoms with Gasteiger partial charge in [0.15, 0.2) is 0 Å². The molecule has 102 valence electrons. The molecule has 0 bridgehead atoms. The molecule has 0 saturated carbocycles. The maximum Gasteiger partial charge on any atom is 0.129 e. The van der Waals surface area contributed by atoms with Gasteiger partial charge in [-0.2, -0.15) is 5.26 Å². The molecule has 0 amide bonds. The molecular formula is C17H17BrN2. The van der Waals surface area contributed by atoms with Crippen molar-refractivity contribution >= 4 is 21.6 Å². The van der Waals surface area contributed by atoms with Gasteiger partial charge in [0, 0.05) is 16.6 Å². The summed E-state index contributed by atoms with van der Waals surface area (Å²) in [5, 5.41) is 13.0. The molecule has 0 aromatic heterocycles. The van der Waals surface area contributed by atoms with E-state index >= 15 is 0 Å². The Kier molecular flexibility index (Phi) is 4.81. The molecule has 0 radical (unpaired) electrons. The first kappa shape index (κ1) is 14.6. The van der Waals surface area contributed by atoms with Crippen LogP contribution in [0.5, 0.6) is 0 Å². The molecule has 0 aliphatic rings. The van der Waals surface area contributed by atoms with Crippen LogP contribution in [-0.4, -0.2) is 5.54 Å². The molecule has 3 heteroatoms. The third-order valence-corrected chi connectivity index (χ3v) is 3.92. The molecule has 1 unspecified atom stereocenters. The Bertz CT molecular complexity index is 587. The number of benzene rings is 2. The Hall–Kier alpha value is -1.79. The number of nitrogens with one attached hydrogen (secondary N) is 1. The minimum absolute atomic E-state index is 0.574. The van der Waals surface area contributed by atoms with E-state index in [9.17, 15) is 5.26 Å². The van der Waals surface area contributed by atoms with Gasteiger partial charge in [-0.25, -0.2) is 0 Å². The Morgan fingerprint density at radius 2 is 1.75 bits per heavy atom. The van der Waals surface area contributed by atoms with E-state index < -0.39 is 5.54 Å². The lowest BCUT2D eigenvalue weighted by Gasteiger charge is -2.28. The van der Waals surface area contributed by atoms with Gasteiger partial charge in [-0.05, 0) is 36.2 Å². The first-order chi connectivity index (χ1) is 9.67. The van der Waals surface area contributed by atoms with Gasteiger partial charge in [-0.15, -0.1) is 0 Å². The summed E-state index contributed by atoms with van der Waals surface area (Å²) in [7, 11) is 0. The Labute approximate surface area is 128 Å². The zero-order valence-corrected chi connectivity index (χ0v) is 13.0. The minimum atomic E-state index is -0.574. The topological polar surface area (TPSA) is 35.8 Å². The molecule has 0 fully saturated rings. The Morgan fingerprint density at radius 3 is 2.30 bits per heavy atom. The number of halogens is 1. The van der Waals surface area contributed by atoms with E-state index in [1.54, 1.807) is 0 Å². The van der Waals surface area contributed by atoms with Crippen molar-refractivity contribution < 1.29 is 0 Å². The van der Waals surface area contributed by atoms with Gasteiger partial charge >= 0.3 is 0 Å². The van der Waals surface area contributed by atoms with Gasteiger partial charge in [0.05, 0.1) is 6.07 Å². The van der Waals surface area contributed by atoms with Crippen LogP contribution in [0.1, 0.15) is 18.9 Å². The van der Waals surface area contributed by atoms with Crippen LogP contribution >= 0.6 is 15.9 Å². The number of rotatable bonds is 5. The van der Waals surface area contributed by atoms with E-state index in [1.807, 2.05) is 49.4 Å². The molecule has 2 rings (SSSR count). The number of nitriles is 1. The number of hydrogen-bond acceptors (Lipinski definition) is 2. The van der Waals surface area contributed by atoms with Gasteiger partial charge in [0.2, 0.25) is 0 Å². The standard InChI is InChI=1S/C17H17BrN2/c1-2-17(13-19,12-14-6-4-3-5-7-14)20-16-10-8-15(18)9-11-16/h3-11,20H,2,12H2,1H3. The molecule has 0 heterocycles. The highest BCUT2D eigenvalue weighted by molar-refractivity contribution is 9.10. The summed E-state index contributed by atoms with van der Waals surface area (Å²) in [6.45, 7) is 2.04. The van der Waals surface area contributed by atoms with Crippen LogP contribution in [0.2, 0.25) is 0 Å². The van der Waals surface area contributed by atoms with Crippen molar-refractivity contribution in [2.24, 2.45) is 0 Å². The van der Waals surface area contributed by atoms with Crippen molar-refractivity contribution in [3.05, 3.63) is 64.6 Å².